The van der Waals surface area contributed by atoms with Crippen molar-refractivity contribution in [3.8, 4) is 0 Å². The first kappa shape index (κ1) is 20.0. The van der Waals surface area contributed by atoms with Gasteiger partial charge in [0.25, 0.3) is 0 Å². The average Bonchev–Trinajstić information content (AvgIpc) is 2.55. The summed E-state index contributed by atoms with van der Waals surface area (Å²) >= 11 is 0. The van der Waals surface area contributed by atoms with Crippen molar-refractivity contribution in [2.24, 2.45) is 4.99 Å². The molecule has 0 saturated carbocycles. The van der Waals surface area contributed by atoms with Crippen molar-refractivity contribution < 1.29 is 0 Å². The number of benzene rings is 1. The van der Waals surface area contributed by atoms with Gasteiger partial charge >= 0.3 is 0 Å². The molecule has 1 fully saturated rings. The van der Waals surface area contributed by atoms with E-state index in [1.165, 1.54) is 5.56 Å². The Bertz CT molecular complexity index is 467. The number of aliphatic imine (C=N–C) groups is 1. The molecule has 0 radical (unpaired) electrons. The normalized spacial score (nSPS) is 16.5. The van der Waals surface area contributed by atoms with E-state index in [-0.39, 0.29) is 24.0 Å². The minimum absolute atomic E-state index is 0. The summed E-state index contributed by atoms with van der Waals surface area (Å²) in [5.41, 5.74) is 1.40. The Balaban J connectivity index is 0.00000264. The third kappa shape index (κ3) is 7.35. The third-order valence-corrected chi connectivity index (χ3v) is 3.90. The van der Waals surface area contributed by atoms with Gasteiger partial charge in [-0.1, -0.05) is 36.4 Å². The van der Waals surface area contributed by atoms with Crippen LogP contribution in [0.4, 0.5) is 0 Å². The zero-order chi connectivity index (χ0) is 15.6. The van der Waals surface area contributed by atoms with Crippen LogP contribution in [0.15, 0.2) is 48.0 Å². The van der Waals surface area contributed by atoms with E-state index >= 15 is 0 Å². The predicted octanol–water partition coefficient (Wildman–Crippen LogP) is 3.01. The van der Waals surface area contributed by atoms with E-state index in [2.05, 4.69) is 64.4 Å². The van der Waals surface area contributed by atoms with Gasteiger partial charge < -0.3 is 10.6 Å². The van der Waals surface area contributed by atoms with E-state index in [9.17, 15) is 0 Å². The van der Waals surface area contributed by atoms with E-state index in [0.29, 0.717) is 12.6 Å². The molecule has 2 N–H and O–H groups in total. The van der Waals surface area contributed by atoms with Crippen LogP contribution in [0.5, 0.6) is 0 Å². The zero-order valence-electron chi connectivity index (χ0n) is 14.0. The van der Waals surface area contributed by atoms with Gasteiger partial charge in [0.05, 0.1) is 6.54 Å². The smallest absolute Gasteiger partial charge is 0.191 e. The summed E-state index contributed by atoms with van der Waals surface area (Å²) in [6, 6.07) is 11.2. The summed E-state index contributed by atoms with van der Waals surface area (Å²) in [6.45, 7) is 10.7. The molecule has 0 unspecified atom stereocenters. The molecular formula is C18H29IN4. The average molecular weight is 428 g/mol. The molecule has 23 heavy (non-hydrogen) atoms. The van der Waals surface area contributed by atoms with Crippen molar-refractivity contribution in [1.82, 2.24) is 15.5 Å². The number of halogens is 1. The number of rotatable bonds is 6. The van der Waals surface area contributed by atoms with Gasteiger partial charge in [0.2, 0.25) is 0 Å². The first-order chi connectivity index (χ1) is 10.8. The molecule has 0 spiro atoms. The Morgan fingerprint density at radius 1 is 1.30 bits per heavy atom. The predicted molar refractivity (Wildman–Crippen MR) is 109 cm³/mol. The highest BCUT2D eigenvalue weighted by atomic mass is 127. The molecule has 5 heteroatoms. The summed E-state index contributed by atoms with van der Waals surface area (Å²) in [5.74, 6) is 0.906. The summed E-state index contributed by atoms with van der Waals surface area (Å²) in [4.78, 5) is 7.00. The molecule has 0 bridgehead atoms. The van der Waals surface area contributed by atoms with Crippen molar-refractivity contribution >= 4 is 29.9 Å². The second-order valence-corrected chi connectivity index (χ2v) is 5.69. The fraction of sp³-hybridized carbons (Fsp3) is 0.500. The van der Waals surface area contributed by atoms with Gasteiger partial charge in [0, 0.05) is 32.2 Å². The summed E-state index contributed by atoms with van der Waals surface area (Å²) < 4.78 is 0. The van der Waals surface area contributed by atoms with Gasteiger partial charge in [-0.2, -0.15) is 0 Å². The van der Waals surface area contributed by atoms with Crippen LogP contribution in [-0.2, 0) is 6.54 Å². The maximum atomic E-state index is 4.48. The largest absolute Gasteiger partial charge is 0.357 e. The highest BCUT2D eigenvalue weighted by Gasteiger charge is 2.19. The Hall–Kier alpha value is -1.08. The molecule has 128 valence electrons. The first-order valence-electron chi connectivity index (χ1n) is 8.24. The third-order valence-electron chi connectivity index (χ3n) is 3.90. The number of likely N-dealkylation sites (tertiary alicyclic amines) is 1. The molecule has 0 aromatic heterocycles. The van der Waals surface area contributed by atoms with Crippen molar-refractivity contribution in [3.63, 3.8) is 0 Å². The molecule has 1 saturated heterocycles. The molecule has 1 aromatic rings. The second kappa shape index (κ2) is 11.5. The maximum Gasteiger partial charge on any atom is 0.191 e. The molecule has 1 heterocycles. The molecule has 0 aliphatic carbocycles. The van der Waals surface area contributed by atoms with Crippen LogP contribution in [0.3, 0.4) is 0 Å². The van der Waals surface area contributed by atoms with Crippen LogP contribution >= 0.6 is 24.0 Å². The van der Waals surface area contributed by atoms with Crippen molar-refractivity contribution in [3.05, 3.63) is 48.6 Å². The lowest BCUT2D eigenvalue weighted by molar-refractivity contribution is 0.198. The summed E-state index contributed by atoms with van der Waals surface area (Å²) in [6.07, 6.45) is 4.14. The van der Waals surface area contributed by atoms with E-state index in [0.717, 1.165) is 45.0 Å². The molecular weight excluding hydrogens is 399 g/mol. The van der Waals surface area contributed by atoms with Gasteiger partial charge in [-0.05, 0) is 25.3 Å². The number of hydrogen-bond donors (Lipinski definition) is 2. The minimum atomic E-state index is 0. The van der Waals surface area contributed by atoms with Crippen LogP contribution in [0.1, 0.15) is 25.3 Å². The quantitative estimate of drug-likeness (QED) is 0.317. The highest BCUT2D eigenvalue weighted by Crippen LogP contribution is 2.13. The zero-order valence-corrected chi connectivity index (χ0v) is 16.3. The van der Waals surface area contributed by atoms with Gasteiger partial charge in [-0.3, -0.25) is 4.90 Å². The van der Waals surface area contributed by atoms with Crippen LogP contribution < -0.4 is 10.6 Å². The SMILES string of the molecule is C=CCN=C(NCC)NC1CCN(Cc2ccccc2)CC1.I. The van der Waals surface area contributed by atoms with Crippen LogP contribution in [0.2, 0.25) is 0 Å². The van der Waals surface area contributed by atoms with E-state index in [4.69, 9.17) is 0 Å². The topological polar surface area (TPSA) is 39.7 Å². The number of piperidine rings is 1. The number of guanidine groups is 1. The van der Waals surface area contributed by atoms with Gasteiger partial charge in [-0.15, -0.1) is 30.6 Å². The minimum Gasteiger partial charge on any atom is -0.357 e. The van der Waals surface area contributed by atoms with Crippen molar-refractivity contribution in [2.45, 2.75) is 32.4 Å². The van der Waals surface area contributed by atoms with Crippen molar-refractivity contribution in [2.75, 3.05) is 26.2 Å². The van der Waals surface area contributed by atoms with Crippen molar-refractivity contribution in [1.29, 1.82) is 0 Å². The lowest BCUT2D eigenvalue weighted by atomic mass is 10.0. The highest BCUT2D eigenvalue weighted by molar-refractivity contribution is 14.0. The lowest BCUT2D eigenvalue weighted by Gasteiger charge is -2.33. The Labute approximate surface area is 157 Å². The number of nitrogens with zero attached hydrogens (tertiary/aromatic N) is 2. The van der Waals surface area contributed by atoms with E-state index in [1.54, 1.807) is 0 Å². The molecule has 1 aromatic carbocycles. The van der Waals surface area contributed by atoms with Gasteiger partial charge in [-0.25, -0.2) is 4.99 Å². The molecule has 0 atom stereocenters. The monoisotopic (exact) mass is 428 g/mol. The Morgan fingerprint density at radius 2 is 2.00 bits per heavy atom. The standard InChI is InChI=1S/C18H28N4.HI/c1-3-12-20-18(19-4-2)21-17-10-13-22(14-11-17)15-16-8-6-5-7-9-16;/h3,5-9,17H,1,4,10-15H2,2H3,(H2,19,20,21);1H. The molecule has 4 nitrogen and oxygen atoms in total. The fourth-order valence-electron chi connectivity index (χ4n) is 2.75. The summed E-state index contributed by atoms with van der Waals surface area (Å²) in [5, 5.41) is 6.83. The first-order valence-corrected chi connectivity index (χ1v) is 8.24. The van der Waals surface area contributed by atoms with Crippen LogP contribution in [0.25, 0.3) is 0 Å². The van der Waals surface area contributed by atoms with E-state index < -0.39 is 0 Å². The Kier molecular flexibility index (Phi) is 9.94. The number of nitrogens with one attached hydrogen (secondary N) is 2. The second-order valence-electron chi connectivity index (χ2n) is 5.69. The maximum absolute atomic E-state index is 4.48. The van der Waals surface area contributed by atoms with Crippen LogP contribution in [0, 0.1) is 0 Å². The molecule has 1 aliphatic rings. The molecule has 2 rings (SSSR count). The fourth-order valence-corrected chi connectivity index (χ4v) is 2.75. The number of hydrogen-bond acceptors (Lipinski definition) is 2. The van der Waals surface area contributed by atoms with Crippen LogP contribution in [-0.4, -0.2) is 43.1 Å². The summed E-state index contributed by atoms with van der Waals surface area (Å²) in [7, 11) is 0. The van der Waals surface area contributed by atoms with Gasteiger partial charge in [0.1, 0.15) is 0 Å². The lowest BCUT2D eigenvalue weighted by Crippen LogP contribution is -2.48. The molecule has 1 aliphatic heterocycles. The van der Waals surface area contributed by atoms with E-state index in [1.807, 2.05) is 6.08 Å². The Morgan fingerprint density at radius 3 is 2.61 bits per heavy atom. The van der Waals surface area contributed by atoms with Gasteiger partial charge in [0.15, 0.2) is 5.96 Å². The molecule has 0 amide bonds.